The van der Waals surface area contributed by atoms with E-state index < -0.39 is 0 Å². The van der Waals surface area contributed by atoms with Crippen molar-refractivity contribution in [2.75, 3.05) is 5.73 Å². The first-order valence-electron chi connectivity index (χ1n) is 4.63. The summed E-state index contributed by atoms with van der Waals surface area (Å²) >= 11 is 7.17. The number of nitrogen functional groups attached to an aromatic ring is 1. The molecule has 0 saturated carbocycles. The number of hydrogen-bond donors (Lipinski definition) is 1. The van der Waals surface area contributed by atoms with Crippen LogP contribution >= 0.6 is 23.4 Å². The number of hydrogen-bond acceptors (Lipinski definition) is 2. The molecule has 0 radical (unpaired) electrons. The van der Waals surface area contributed by atoms with Crippen molar-refractivity contribution in [1.82, 2.24) is 0 Å². The van der Waals surface area contributed by atoms with E-state index in [9.17, 15) is 4.39 Å². The summed E-state index contributed by atoms with van der Waals surface area (Å²) in [5.74, 6) is -0.315. The Bertz CT molecular complexity index is 516. The van der Waals surface area contributed by atoms with Crippen molar-refractivity contribution < 1.29 is 4.39 Å². The summed E-state index contributed by atoms with van der Waals surface area (Å²) in [7, 11) is 0. The molecule has 0 heterocycles. The summed E-state index contributed by atoms with van der Waals surface area (Å²) in [5, 5.41) is 0.640. The fraction of sp³-hybridized carbons (Fsp3) is 0. The smallest absolute Gasteiger partial charge is 0.139 e. The predicted molar refractivity (Wildman–Crippen MR) is 66.4 cm³/mol. The van der Waals surface area contributed by atoms with Gasteiger partial charge in [-0.3, -0.25) is 0 Å². The molecule has 0 fully saturated rings. The number of benzene rings is 2. The summed E-state index contributed by atoms with van der Waals surface area (Å²) in [4.78, 5) is 1.44. The first kappa shape index (κ1) is 11.3. The predicted octanol–water partition coefficient (Wildman–Crippen LogP) is 4.21. The van der Waals surface area contributed by atoms with Crippen LogP contribution in [0, 0.1) is 5.82 Å². The van der Waals surface area contributed by atoms with Gasteiger partial charge in [0.05, 0.1) is 0 Å². The number of nitrogens with two attached hydrogens (primary N) is 1. The van der Waals surface area contributed by atoms with Crippen molar-refractivity contribution in [2.45, 2.75) is 9.79 Å². The molecule has 2 rings (SSSR count). The average molecular weight is 254 g/mol. The van der Waals surface area contributed by atoms with Gasteiger partial charge in [-0.15, -0.1) is 0 Å². The van der Waals surface area contributed by atoms with Crippen LogP contribution in [0.25, 0.3) is 0 Å². The highest BCUT2D eigenvalue weighted by molar-refractivity contribution is 7.99. The molecule has 16 heavy (non-hydrogen) atoms. The van der Waals surface area contributed by atoms with Gasteiger partial charge in [-0.05, 0) is 36.4 Å². The van der Waals surface area contributed by atoms with Crippen LogP contribution in [-0.2, 0) is 0 Å². The minimum absolute atomic E-state index is 0.315. The van der Waals surface area contributed by atoms with E-state index in [0.717, 1.165) is 4.90 Å². The van der Waals surface area contributed by atoms with E-state index in [1.54, 1.807) is 24.3 Å². The molecule has 0 bridgehead atoms. The second-order valence-corrected chi connectivity index (χ2v) is 4.80. The molecule has 2 N–H and O–H groups in total. The fourth-order valence-electron chi connectivity index (χ4n) is 1.26. The molecule has 0 spiro atoms. The van der Waals surface area contributed by atoms with Crippen LogP contribution in [0.3, 0.4) is 0 Å². The average Bonchev–Trinajstić information content (AvgIpc) is 2.22. The normalized spacial score (nSPS) is 10.4. The van der Waals surface area contributed by atoms with Gasteiger partial charge in [0.25, 0.3) is 0 Å². The van der Waals surface area contributed by atoms with E-state index in [1.165, 1.54) is 17.8 Å². The van der Waals surface area contributed by atoms with E-state index >= 15 is 0 Å². The molecule has 0 atom stereocenters. The van der Waals surface area contributed by atoms with E-state index in [2.05, 4.69) is 0 Å². The number of halogens is 2. The third-order valence-electron chi connectivity index (χ3n) is 1.98. The molecular weight excluding hydrogens is 245 g/mol. The summed E-state index contributed by atoms with van der Waals surface area (Å²) < 4.78 is 13.5. The number of anilines is 1. The van der Waals surface area contributed by atoms with Gasteiger partial charge in [-0.1, -0.05) is 29.4 Å². The van der Waals surface area contributed by atoms with Gasteiger partial charge in [0, 0.05) is 20.5 Å². The minimum Gasteiger partial charge on any atom is -0.399 e. The Morgan fingerprint density at radius 3 is 2.62 bits per heavy atom. The molecule has 0 aromatic heterocycles. The maximum absolute atomic E-state index is 13.5. The van der Waals surface area contributed by atoms with E-state index in [4.69, 9.17) is 17.3 Å². The third kappa shape index (κ3) is 2.68. The maximum atomic E-state index is 13.5. The molecule has 0 aliphatic carbocycles. The van der Waals surface area contributed by atoms with E-state index in [0.29, 0.717) is 15.6 Å². The van der Waals surface area contributed by atoms with Crippen LogP contribution in [0.1, 0.15) is 0 Å². The van der Waals surface area contributed by atoms with Gasteiger partial charge in [-0.25, -0.2) is 4.39 Å². The topological polar surface area (TPSA) is 26.0 Å². The van der Waals surface area contributed by atoms with Crippen LogP contribution in [0.4, 0.5) is 10.1 Å². The van der Waals surface area contributed by atoms with Crippen molar-refractivity contribution in [3.63, 3.8) is 0 Å². The second-order valence-electron chi connectivity index (χ2n) is 3.25. The molecule has 1 nitrogen and oxygen atoms in total. The lowest BCUT2D eigenvalue weighted by molar-refractivity contribution is 0.603. The van der Waals surface area contributed by atoms with Crippen LogP contribution in [-0.4, -0.2) is 0 Å². The SMILES string of the molecule is Nc1ccc(Sc2cccc(Cl)c2)c(F)c1. The first-order valence-corrected chi connectivity index (χ1v) is 5.83. The minimum atomic E-state index is -0.315. The highest BCUT2D eigenvalue weighted by Crippen LogP contribution is 2.31. The van der Waals surface area contributed by atoms with Crippen molar-refractivity contribution in [2.24, 2.45) is 0 Å². The fourth-order valence-corrected chi connectivity index (χ4v) is 2.39. The van der Waals surface area contributed by atoms with Crippen molar-refractivity contribution in [1.29, 1.82) is 0 Å². The Labute approximate surface area is 102 Å². The highest BCUT2D eigenvalue weighted by atomic mass is 35.5. The summed E-state index contributed by atoms with van der Waals surface area (Å²) in [6.07, 6.45) is 0. The molecule has 4 heteroatoms. The molecule has 0 aliphatic rings. The van der Waals surface area contributed by atoms with Crippen LogP contribution in [0.15, 0.2) is 52.3 Å². The maximum Gasteiger partial charge on any atom is 0.139 e. The lowest BCUT2D eigenvalue weighted by Crippen LogP contribution is -1.87. The van der Waals surface area contributed by atoms with Gasteiger partial charge >= 0.3 is 0 Å². The van der Waals surface area contributed by atoms with Gasteiger partial charge in [0.2, 0.25) is 0 Å². The molecule has 0 unspecified atom stereocenters. The van der Waals surface area contributed by atoms with Gasteiger partial charge in [0.1, 0.15) is 5.82 Å². The molecular formula is C12H9ClFNS. The van der Waals surface area contributed by atoms with Crippen LogP contribution in [0.2, 0.25) is 5.02 Å². The third-order valence-corrected chi connectivity index (χ3v) is 3.26. The monoisotopic (exact) mass is 253 g/mol. The quantitative estimate of drug-likeness (QED) is 0.812. The second kappa shape index (κ2) is 4.76. The van der Waals surface area contributed by atoms with Crippen molar-refractivity contribution in [3.05, 3.63) is 53.3 Å². The zero-order valence-electron chi connectivity index (χ0n) is 8.28. The van der Waals surface area contributed by atoms with Gasteiger partial charge < -0.3 is 5.73 Å². The van der Waals surface area contributed by atoms with Crippen LogP contribution in [0.5, 0.6) is 0 Å². The van der Waals surface area contributed by atoms with Crippen molar-refractivity contribution in [3.8, 4) is 0 Å². The lowest BCUT2D eigenvalue weighted by atomic mass is 10.3. The summed E-state index contributed by atoms with van der Waals surface area (Å²) in [6, 6.07) is 11.9. The molecule has 2 aromatic carbocycles. The number of rotatable bonds is 2. The standard InChI is InChI=1S/C12H9ClFNS/c13-8-2-1-3-10(6-8)16-12-5-4-9(15)7-11(12)14/h1-7H,15H2. The Kier molecular flexibility index (Phi) is 3.36. The molecule has 0 amide bonds. The zero-order chi connectivity index (χ0) is 11.5. The summed E-state index contributed by atoms with van der Waals surface area (Å²) in [5.41, 5.74) is 5.90. The van der Waals surface area contributed by atoms with Gasteiger partial charge in [0.15, 0.2) is 0 Å². The summed E-state index contributed by atoms with van der Waals surface area (Å²) in [6.45, 7) is 0. The lowest BCUT2D eigenvalue weighted by Gasteiger charge is -2.04. The highest BCUT2D eigenvalue weighted by Gasteiger charge is 2.04. The molecule has 0 saturated heterocycles. The Hall–Kier alpha value is -1.19. The van der Waals surface area contributed by atoms with Crippen molar-refractivity contribution >= 4 is 29.1 Å². The Morgan fingerprint density at radius 2 is 1.94 bits per heavy atom. The molecule has 82 valence electrons. The molecule has 2 aromatic rings. The van der Waals surface area contributed by atoms with Gasteiger partial charge in [-0.2, -0.15) is 0 Å². The zero-order valence-corrected chi connectivity index (χ0v) is 9.86. The van der Waals surface area contributed by atoms with E-state index in [-0.39, 0.29) is 5.82 Å². The Morgan fingerprint density at radius 1 is 1.12 bits per heavy atom. The Balaban J connectivity index is 2.27. The van der Waals surface area contributed by atoms with Crippen LogP contribution < -0.4 is 5.73 Å². The first-order chi connectivity index (χ1) is 7.65. The largest absolute Gasteiger partial charge is 0.399 e. The van der Waals surface area contributed by atoms with E-state index in [1.807, 2.05) is 12.1 Å². The molecule has 0 aliphatic heterocycles.